The molecule has 0 fully saturated rings. The molecule has 0 aliphatic heterocycles. The number of benzene rings is 3. The minimum Gasteiger partial charge on any atom is -0.314 e. The zero-order chi connectivity index (χ0) is 33.2. The third-order valence-electron chi connectivity index (χ3n) is 10.7. The molecule has 0 bridgehead atoms. The van der Waals surface area contributed by atoms with Gasteiger partial charge >= 0.3 is 0 Å². The summed E-state index contributed by atoms with van der Waals surface area (Å²) in [6.45, 7) is 36.7. The second kappa shape index (κ2) is 11.2. The maximum absolute atomic E-state index is 4.66. The average molecular weight is 596 g/mol. The molecule has 2 aliphatic carbocycles. The van der Waals surface area contributed by atoms with Gasteiger partial charge in [0.1, 0.15) is 0 Å². The first-order valence-corrected chi connectivity index (χ1v) is 16.6. The van der Waals surface area contributed by atoms with Crippen LogP contribution in [0.5, 0.6) is 0 Å². The fourth-order valence-electron chi connectivity index (χ4n) is 7.39. The topological polar surface area (TPSA) is 3.24 Å². The summed E-state index contributed by atoms with van der Waals surface area (Å²) in [7, 11) is 0. The van der Waals surface area contributed by atoms with E-state index in [0.29, 0.717) is 0 Å². The van der Waals surface area contributed by atoms with E-state index in [1.165, 1.54) is 72.7 Å². The van der Waals surface area contributed by atoms with Crippen LogP contribution in [0.4, 0.5) is 11.4 Å². The van der Waals surface area contributed by atoms with Crippen LogP contribution in [-0.2, 0) is 16.2 Å². The van der Waals surface area contributed by atoms with Crippen LogP contribution < -0.4 is 4.90 Å². The molecule has 45 heavy (non-hydrogen) atoms. The van der Waals surface area contributed by atoms with E-state index in [2.05, 4.69) is 168 Å². The van der Waals surface area contributed by atoms with E-state index >= 15 is 0 Å². The van der Waals surface area contributed by atoms with Crippen molar-refractivity contribution < 1.29 is 0 Å². The van der Waals surface area contributed by atoms with Gasteiger partial charge in [-0.3, -0.25) is 0 Å². The van der Waals surface area contributed by atoms with Gasteiger partial charge in [0.05, 0.1) is 5.69 Å². The molecule has 3 aromatic carbocycles. The normalized spacial score (nSPS) is 17.6. The van der Waals surface area contributed by atoms with Gasteiger partial charge < -0.3 is 4.90 Å². The highest BCUT2D eigenvalue weighted by atomic mass is 15.2. The van der Waals surface area contributed by atoms with E-state index in [-0.39, 0.29) is 16.2 Å². The second-order valence-corrected chi connectivity index (χ2v) is 15.2. The van der Waals surface area contributed by atoms with Gasteiger partial charge in [-0.25, -0.2) is 0 Å². The van der Waals surface area contributed by atoms with Crippen LogP contribution in [0, 0.1) is 0 Å². The zero-order valence-corrected chi connectivity index (χ0v) is 29.9. The standard InChI is InChI=1S/C44H53N/c1-15-19-34(27(3)16-2)29(5)31(7)45(33-22-23-36-35-20-17-18-21-37(35)44(13,14)38(36)26-33)40-25-32(42(8,9)10)24-39-41(40)28(4)30(6)43(39,11)12/h15,17-26H,4,6,16H2,1-3,5,7-14H3/b19-15-,31-29-,34-27+. The Morgan fingerprint density at radius 3 is 2.09 bits per heavy atom. The molecule has 0 atom stereocenters. The van der Waals surface area contributed by atoms with Crippen LogP contribution >= 0.6 is 0 Å². The minimum absolute atomic E-state index is 0.0279. The van der Waals surface area contributed by atoms with Gasteiger partial charge in [-0.2, -0.15) is 0 Å². The number of hydrogen-bond acceptors (Lipinski definition) is 1. The first-order valence-electron chi connectivity index (χ1n) is 16.6. The van der Waals surface area contributed by atoms with E-state index in [1.807, 2.05) is 0 Å². The molecule has 0 saturated carbocycles. The number of rotatable bonds is 6. The van der Waals surface area contributed by atoms with E-state index in [9.17, 15) is 0 Å². The molecule has 0 unspecified atom stereocenters. The Morgan fingerprint density at radius 2 is 1.47 bits per heavy atom. The zero-order valence-electron chi connectivity index (χ0n) is 29.9. The van der Waals surface area contributed by atoms with E-state index < -0.39 is 0 Å². The van der Waals surface area contributed by atoms with Gasteiger partial charge in [0.15, 0.2) is 0 Å². The Kier molecular flexibility index (Phi) is 8.10. The molecule has 234 valence electrons. The average Bonchev–Trinajstić information content (AvgIpc) is 3.33. The maximum atomic E-state index is 4.66. The molecular formula is C44H53N. The molecule has 1 heteroatoms. The van der Waals surface area contributed by atoms with Crippen LogP contribution in [0.1, 0.15) is 117 Å². The summed E-state index contributed by atoms with van der Waals surface area (Å²) >= 11 is 0. The van der Waals surface area contributed by atoms with Gasteiger partial charge in [0.2, 0.25) is 0 Å². The van der Waals surface area contributed by atoms with Crippen molar-refractivity contribution in [1.82, 2.24) is 0 Å². The predicted octanol–water partition coefficient (Wildman–Crippen LogP) is 12.9. The largest absolute Gasteiger partial charge is 0.314 e. The summed E-state index contributed by atoms with van der Waals surface area (Å²) in [6.07, 6.45) is 5.45. The number of nitrogens with zero attached hydrogens (tertiary/aromatic N) is 1. The van der Waals surface area contributed by atoms with Crippen molar-refractivity contribution >= 4 is 16.9 Å². The molecule has 1 nitrogen and oxygen atoms in total. The van der Waals surface area contributed by atoms with E-state index in [1.54, 1.807) is 0 Å². The number of hydrogen-bond donors (Lipinski definition) is 0. The summed E-state index contributed by atoms with van der Waals surface area (Å²) < 4.78 is 0. The Balaban J connectivity index is 1.90. The molecule has 0 saturated heterocycles. The molecular weight excluding hydrogens is 542 g/mol. The Morgan fingerprint density at radius 1 is 0.822 bits per heavy atom. The highest BCUT2D eigenvalue weighted by molar-refractivity contribution is 5.96. The van der Waals surface area contributed by atoms with Gasteiger partial charge in [-0.1, -0.05) is 123 Å². The minimum atomic E-state index is -0.197. The van der Waals surface area contributed by atoms with Gasteiger partial charge in [-0.05, 0) is 113 Å². The summed E-state index contributed by atoms with van der Waals surface area (Å²) in [4.78, 5) is 2.52. The first-order chi connectivity index (χ1) is 21.0. The highest BCUT2D eigenvalue weighted by Crippen LogP contribution is 2.55. The molecule has 0 amide bonds. The third kappa shape index (κ3) is 5.09. The predicted molar refractivity (Wildman–Crippen MR) is 199 cm³/mol. The van der Waals surface area contributed by atoms with Gasteiger partial charge in [-0.15, -0.1) is 0 Å². The molecule has 0 N–H and O–H groups in total. The lowest BCUT2D eigenvalue weighted by atomic mass is 9.79. The summed E-state index contributed by atoms with van der Waals surface area (Å²) in [5.41, 5.74) is 18.7. The van der Waals surface area contributed by atoms with Crippen LogP contribution in [0.15, 0.2) is 108 Å². The molecule has 3 aromatic rings. The summed E-state index contributed by atoms with van der Waals surface area (Å²) in [6, 6.07) is 20.9. The van der Waals surface area contributed by atoms with Crippen molar-refractivity contribution in [2.45, 2.75) is 106 Å². The van der Waals surface area contributed by atoms with Crippen molar-refractivity contribution in [2.24, 2.45) is 0 Å². The lowest BCUT2D eigenvalue weighted by Gasteiger charge is -2.34. The second-order valence-electron chi connectivity index (χ2n) is 15.2. The fraction of sp³-hybridized carbons (Fsp3) is 0.364. The quantitative estimate of drug-likeness (QED) is 0.256. The van der Waals surface area contributed by atoms with E-state index in [4.69, 9.17) is 0 Å². The monoisotopic (exact) mass is 595 g/mol. The molecule has 5 rings (SSSR count). The Bertz CT molecular complexity index is 1820. The Labute approximate surface area is 273 Å². The van der Waals surface area contributed by atoms with E-state index in [0.717, 1.165) is 17.6 Å². The first kappa shape index (κ1) is 32.6. The van der Waals surface area contributed by atoms with Crippen LogP contribution in [0.25, 0.3) is 16.7 Å². The molecule has 2 aliphatic rings. The molecule has 0 heterocycles. The molecule has 0 radical (unpaired) electrons. The fourth-order valence-corrected chi connectivity index (χ4v) is 7.39. The lowest BCUT2D eigenvalue weighted by Crippen LogP contribution is -2.22. The van der Waals surface area contributed by atoms with Gasteiger partial charge in [0.25, 0.3) is 0 Å². The number of anilines is 2. The van der Waals surface area contributed by atoms with Crippen LogP contribution in [0.2, 0.25) is 0 Å². The smallest absolute Gasteiger partial charge is 0.0542 e. The van der Waals surface area contributed by atoms with Crippen molar-refractivity contribution in [3.8, 4) is 11.1 Å². The van der Waals surface area contributed by atoms with Crippen molar-refractivity contribution in [3.63, 3.8) is 0 Å². The van der Waals surface area contributed by atoms with Crippen LogP contribution in [-0.4, -0.2) is 0 Å². The van der Waals surface area contributed by atoms with Crippen molar-refractivity contribution in [3.05, 3.63) is 136 Å². The van der Waals surface area contributed by atoms with Crippen LogP contribution in [0.3, 0.4) is 0 Å². The maximum Gasteiger partial charge on any atom is 0.0542 e. The van der Waals surface area contributed by atoms with Gasteiger partial charge in [0, 0.05) is 27.8 Å². The highest BCUT2D eigenvalue weighted by Gasteiger charge is 2.41. The van der Waals surface area contributed by atoms with Crippen molar-refractivity contribution in [1.29, 1.82) is 0 Å². The third-order valence-corrected chi connectivity index (χ3v) is 10.7. The number of fused-ring (bicyclic) bond motifs is 4. The summed E-state index contributed by atoms with van der Waals surface area (Å²) in [5.74, 6) is 0. The Hall–Kier alpha value is -3.84. The lowest BCUT2D eigenvalue weighted by molar-refractivity contribution is 0.584. The molecule has 0 aromatic heterocycles. The summed E-state index contributed by atoms with van der Waals surface area (Å²) in [5, 5.41) is 0. The molecule has 0 spiro atoms. The number of allylic oxidation sites excluding steroid dienone is 8. The SMILES string of the molecule is C=C1C(=C)C(C)(C)c2cc(C(C)(C)C)cc(N(\C(C)=C(C)/C(/C=C\C)=C(\C)CC)c3ccc4c(c3)C(C)(C)c3ccccc3-4)c21. The van der Waals surface area contributed by atoms with Crippen molar-refractivity contribution in [2.75, 3.05) is 4.90 Å².